The van der Waals surface area contributed by atoms with Crippen LogP contribution in [-0.4, -0.2) is 34.1 Å². The van der Waals surface area contributed by atoms with Gasteiger partial charge in [-0.05, 0) is 48.2 Å². The van der Waals surface area contributed by atoms with E-state index in [2.05, 4.69) is 4.36 Å². The molecule has 0 saturated carbocycles. The van der Waals surface area contributed by atoms with Gasteiger partial charge in [0.2, 0.25) is 5.91 Å². The summed E-state index contributed by atoms with van der Waals surface area (Å²) in [7, 11) is -2.24. The molecule has 3 rings (SSSR count). The second-order valence-corrected chi connectivity index (χ2v) is 10.4. The lowest BCUT2D eigenvalue weighted by Crippen LogP contribution is -2.39. The maximum atomic E-state index is 12.9. The molecule has 1 aliphatic rings. The van der Waals surface area contributed by atoms with Crippen molar-refractivity contribution in [2.75, 3.05) is 19.1 Å². The Morgan fingerprint density at radius 3 is 2.44 bits per heavy atom. The molecule has 144 valence electrons. The molecule has 7 heteroatoms. The standard InChI is InChI=1S/C20H22Cl2N2O2S/c1-13-14-6-4-9-19(23-27(2,3)26)15(14)10-11-24(13)20(25)12-16-17(21)7-5-8-18(16)22/h4-9,13H,10-12H2,1-3H3/t13-/m0/s1. The minimum atomic E-state index is -2.24. The zero-order chi connectivity index (χ0) is 19.8. The number of amides is 1. The molecule has 0 spiro atoms. The van der Waals surface area contributed by atoms with Crippen molar-refractivity contribution in [3.8, 4) is 0 Å². The molecule has 1 heterocycles. The van der Waals surface area contributed by atoms with Gasteiger partial charge in [0.1, 0.15) is 0 Å². The molecule has 1 amide bonds. The molecule has 0 fully saturated rings. The molecule has 27 heavy (non-hydrogen) atoms. The SMILES string of the molecule is C[C@H]1c2cccc(N=S(C)(C)=O)c2CCN1C(=O)Cc1c(Cl)cccc1Cl. The van der Waals surface area contributed by atoms with Crippen LogP contribution in [-0.2, 0) is 27.4 Å². The Balaban J connectivity index is 1.89. The van der Waals surface area contributed by atoms with Crippen LogP contribution < -0.4 is 0 Å². The number of carbonyl (C=O) groups is 1. The van der Waals surface area contributed by atoms with Gasteiger partial charge in [-0.25, -0.2) is 4.21 Å². The molecular weight excluding hydrogens is 403 g/mol. The third-order valence-corrected chi connectivity index (χ3v) is 6.08. The maximum Gasteiger partial charge on any atom is 0.227 e. The quantitative estimate of drug-likeness (QED) is 0.692. The first-order valence-electron chi connectivity index (χ1n) is 8.68. The minimum Gasteiger partial charge on any atom is -0.335 e. The zero-order valence-electron chi connectivity index (χ0n) is 15.5. The molecule has 1 aliphatic heterocycles. The predicted octanol–water partition coefficient (Wildman–Crippen LogP) is 5.04. The van der Waals surface area contributed by atoms with Gasteiger partial charge in [0.05, 0.1) is 18.2 Å². The van der Waals surface area contributed by atoms with Gasteiger partial charge in [0, 0.05) is 38.8 Å². The van der Waals surface area contributed by atoms with Crippen LogP contribution in [0.25, 0.3) is 0 Å². The summed E-state index contributed by atoms with van der Waals surface area (Å²) in [5, 5.41) is 1.00. The van der Waals surface area contributed by atoms with Gasteiger partial charge in [-0.3, -0.25) is 4.79 Å². The van der Waals surface area contributed by atoms with Gasteiger partial charge in [-0.2, -0.15) is 4.36 Å². The van der Waals surface area contributed by atoms with Crippen LogP contribution in [0.15, 0.2) is 40.8 Å². The topological polar surface area (TPSA) is 49.7 Å². The van der Waals surface area contributed by atoms with E-state index in [0.717, 1.165) is 16.8 Å². The first kappa shape index (κ1) is 20.2. The Morgan fingerprint density at radius 1 is 1.19 bits per heavy atom. The van der Waals surface area contributed by atoms with Gasteiger partial charge >= 0.3 is 0 Å². The predicted molar refractivity (Wildman–Crippen MR) is 113 cm³/mol. The summed E-state index contributed by atoms with van der Waals surface area (Å²) in [6, 6.07) is 11.0. The lowest BCUT2D eigenvalue weighted by atomic mass is 9.92. The number of benzene rings is 2. The Morgan fingerprint density at radius 2 is 1.81 bits per heavy atom. The summed E-state index contributed by atoms with van der Waals surface area (Å²) in [6.45, 7) is 2.58. The Bertz CT molecular complexity index is 985. The molecular formula is C20H22Cl2N2O2S. The van der Waals surface area contributed by atoms with Crippen LogP contribution in [0.1, 0.15) is 29.7 Å². The van der Waals surface area contributed by atoms with Crippen LogP contribution >= 0.6 is 23.2 Å². The van der Waals surface area contributed by atoms with Crippen LogP contribution in [0.3, 0.4) is 0 Å². The van der Waals surface area contributed by atoms with E-state index in [4.69, 9.17) is 23.2 Å². The smallest absolute Gasteiger partial charge is 0.227 e. The molecule has 2 aromatic carbocycles. The lowest BCUT2D eigenvalue weighted by molar-refractivity contribution is -0.133. The molecule has 0 saturated heterocycles. The summed E-state index contributed by atoms with van der Waals surface area (Å²) in [6.07, 6.45) is 4.10. The van der Waals surface area contributed by atoms with Gasteiger partial charge in [-0.1, -0.05) is 41.4 Å². The van der Waals surface area contributed by atoms with Gasteiger partial charge in [0.15, 0.2) is 0 Å². The van der Waals surface area contributed by atoms with Crippen molar-refractivity contribution >= 4 is 44.5 Å². The summed E-state index contributed by atoms with van der Waals surface area (Å²) in [5.74, 6) is -0.0136. The number of nitrogens with zero attached hydrogens (tertiary/aromatic N) is 2. The summed E-state index contributed by atoms with van der Waals surface area (Å²) < 4.78 is 16.5. The third kappa shape index (κ3) is 4.48. The fraction of sp³-hybridized carbons (Fsp3) is 0.350. The monoisotopic (exact) mass is 424 g/mol. The average molecular weight is 425 g/mol. The molecule has 2 aromatic rings. The second-order valence-electron chi connectivity index (χ2n) is 7.01. The molecule has 0 aromatic heterocycles. The van der Waals surface area contributed by atoms with E-state index in [9.17, 15) is 9.00 Å². The van der Waals surface area contributed by atoms with E-state index in [1.807, 2.05) is 30.0 Å². The van der Waals surface area contributed by atoms with Crippen LogP contribution in [0.5, 0.6) is 0 Å². The highest BCUT2D eigenvalue weighted by Gasteiger charge is 2.29. The fourth-order valence-electron chi connectivity index (χ4n) is 3.47. The van der Waals surface area contributed by atoms with Crippen molar-refractivity contribution in [3.05, 3.63) is 63.1 Å². The average Bonchev–Trinajstić information content (AvgIpc) is 2.58. The van der Waals surface area contributed by atoms with Crippen molar-refractivity contribution in [2.45, 2.75) is 25.8 Å². The van der Waals surface area contributed by atoms with Crippen molar-refractivity contribution < 1.29 is 9.00 Å². The zero-order valence-corrected chi connectivity index (χ0v) is 17.9. The van der Waals surface area contributed by atoms with E-state index >= 15 is 0 Å². The molecule has 4 nitrogen and oxygen atoms in total. The number of carbonyl (C=O) groups excluding carboxylic acids is 1. The van der Waals surface area contributed by atoms with Crippen molar-refractivity contribution in [2.24, 2.45) is 4.36 Å². The van der Waals surface area contributed by atoms with E-state index in [1.165, 1.54) is 0 Å². The van der Waals surface area contributed by atoms with Gasteiger partial charge < -0.3 is 4.90 Å². The highest BCUT2D eigenvalue weighted by atomic mass is 35.5. The fourth-order valence-corrected chi connectivity index (χ4v) is 4.64. The number of rotatable bonds is 3. The number of hydrogen-bond acceptors (Lipinski definition) is 3. The molecule has 0 radical (unpaired) electrons. The van der Waals surface area contributed by atoms with Crippen molar-refractivity contribution in [1.29, 1.82) is 0 Å². The Hall–Kier alpha value is -1.56. The highest BCUT2D eigenvalue weighted by molar-refractivity contribution is 7.92. The van der Waals surface area contributed by atoms with E-state index < -0.39 is 9.73 Å². The first-order valence-corrected chi connectivity index (χ1v) is 11.8. The van der Waals surface area contributed by atoms with Gasteiger partial charge in [-0.15, -0.1) is 0 Å². The molecule has 0 bridgehead atoms. The van der Waals surface area contributed by atoms with E-state index in [1.54, 1.807) is 30.7 Å². The first-order chi connectivity index (χ1) is 12.7. The minimum absolute atomic E-state index is 0.0136. The summed E-state index contributed by atoms with van der Waals surface area (Å²) in [4.78, 5) is 14.8. The van der Waals surface area contributed by atoms with Crippen LogP contribution in [0.2, 0.25) is 10.0 Å². The van der Waals surface area contributed by atoms with Crippen molar-refractivity contribution in [3.63, 3.8) is 0 Å². The van der Waals surface area contributed by atoms with Crippen LogP contribution in [0, 0.1) is 0 Å². The second kappa shape index (κ2) is 7.82. The molecule has 0 unspecified atom stereocenters. The van der Waals surface area contributed by atoms with Gasteiger partial charge in [0.25, 0.3) is 0 Å². The Labute approximate surface area is 170 Å². The number of hydrogen-bond donors (Lipinski definition) is 0. The summed E-state index contributed by atoms with van der Waals surface area (Å²) >= 11 is 12.4. The molecule has 0 N–H and O–H groups in total. The highest BCUT2D eigenvalue weighted by Crippen LogP contribution is 2.36. The molecule has 1 atom stereocenters. The largest absolute Gasteiger partial charge is 0.335 e. The van der Waals surface area contributed by atoms with Crippen molar-refractivity contribution in [1.82, 2.24) is 4.90 Å². The van der Waals surface area contributed by atoms with E-state index in [-0.39, 0.29) is 18.4 Å². The lowest BCUT2D eigenvalue weighted by Gasteiger charge is -2.36. The summed E-state index contributed by atoms with van der Waals surface area (Å²) in [5.41, 5.74) is 3.53. The van der Waals surface area contributed by atoms with Crippen LogP contribution in [0.4, 0.5) is 5.69 Å². The van der Waals surface area contributed by atoms with E-state index in [0.29, 0.717) is 28.6 Å². The Kier molecular flexibility index (Phi) is 5.84. The molecule has 0 aliphatic carbocycles. The number of fused-ring (bicyclic) bond motifs is 1. The maximum absolute atomic E-state index is 12.9. The number of halogens is 2. The third-order valence-electron chi connectivity index (χ3n) is 4.74. The normalized spacial score (nSPS) is 16.8.